The minimum Gasteiger partial charge on any atom is -0.389 e. The lowest BCUT2D eigenvalue weighted by atomic mass is 10.2. The molecule has 1 heterocycles. The van der Waals surface area contributed by atoms with Crippen LogP contribution in [0.3, 0.4) is 0 Å². The topological polar surface area (TPSA) is 72.9 Å². The number of nitrogens with two attached hydrogens (primary N) is 1. The maximum atomic E-state index is 12.1. The molecule has 0 fully saturated rings. The summed E-state index contributed by atoms with van der Waals surface area (Å²) in [6.07, 6.45) is 1.79. The number of carbonyl (C=O) groups excluding carboxylic acids is 1. The van der Waals surface area contributed by atoms with Gasteiger partial charge in [-0.25, -0.2) is 0 Å². The fourth-order valence-corrected chi connectivity index (χ4v) is 1.87. The Balaban J connectivity index is 2.05. The molecule has 1 unspecified atom stereocenters. The van der Waals surface area contributed by atoms with Crippen LogP contribution in [-0.2, 0) is 4.79 Å². The molecular weight excluding hydrogens is 272 g/mol. The van der Waals surface area contributed by atoms with Crippen LogP contribution >= 0.6 is 12.2 Å². The Hall–Kier alpha value is -2.21. The van der Waals surface area contributed by atoms with Gasteiger partial charge < -0.3 is 11.1 Å². The van der Waals surface area contributed by atoms with E-state index < -0.39 is 0 Å². The van der Waals surface area contributed by atoms with E-state index in [9.17, 15) is 4.79 Å². The number of hydrogen-bond donors (Lipinski definition) is 2. The zero-order valence-corrected chi connectivity index (χ0v) is 12.1. The van der Waals surface area contributed by atoms with Gasteiger partial charge in [-0.3, -0.25) is 9.48 Å². The fraction of sp³-hybridized carbons (Fsp3) is 0.214. The molecule has 1 atom stereocenters. The number of aryl methyl sites for hydroxylation is 1. The number of hydrogen-bond acceptors (Lipinski definition) is 3. The van der Waals surface area contributed by atoms with Crippen LogP contribution in [0.25, 0.3) is 0 Å². The number of nitrogens with one attached hydrogen (secondary N) is 1. The molecule has 0 radical (unpaired) electrons. The highest BCUT2D eigenvalue weighted by Gasteiger charge is 2.15. The van der Waals surface area contributed by atoms with E-state index >= 15 is 0 Å². The van der Waals surface area contributed by atoms with Crippen LogP contribution in [-0.4, -0.2) is 20.7 Å². The quantitative estimate of drug-likeness (QED) is 0.844. The van der Waals surface area contributed by atoms with Crippen molar-refractivity contribution in [1.29, 1.82) is 0 Å². The van der Waals surface area contributed by atoms with E-state index in [0.717, 1.165) is 11.3 Å². The lowest BCUT2D eigenvalue weighted by Crippen LogP contribution is -2.24. The van der Waals surface area contributed by atoms with E-state index in [2.05, 4.69) is 10.4 Å². The fourth-order valence-electron chi connectivity index (χ4n) is 1.73. The number of anilines is 1. The molecule has 20 heavy (non-hydrogen) atoms. The van der Waals surface area contributed by atoms with E-state index in [1.165, 1.54) is 0 Å². The second kappa shape index (κ2) is 5.83. The van der Waals surface area contributed by atoms with Gasteiger partial charge in [0.05, 0.1) is 5.69 Å². The number of amides is 1. The Bertz CT molecular complexity index is 633. The van der Waals surface area contributed by atoms with Gasteiger partial charge in [0.1, 0.15) is 11.0 Å². The second-order valence-corrected chi connectivity index (χ2v) is 4.98. The SMILES string of the molecule is Cc1ccn(C(C)C(=O)Nc2ccc(C(N)=S)cc2)n1. The predicted molar refractivity (Wildman–Crippen MR) is 82.6 cm³/mol. The molecule has 3 N–H and O–H groups in total. The summed E-state index contributed by atoms with van der Waals surface area (Å²) >= 11 is 4.88. The maximum absolute atomic E-state index is 12.1. The standard InChI is InChI=1S/C14H16N4OS/c1-9-7-8-18(17-9)10(2)14(19)16-12-5-3-11(4-6-12)13(15)20/h3-8,10H,1-2H3,(H2,15,20)(H,16,19). The molecule has 5 nitrogen and oxygen atoms in total. The zero-order chi connectivity index (χ0) is 14.7. The summed E-state index contributed by atoms with van der Waals surface area (Å²) < 4.78 is 1.63. The van der Waals surface area contributed by atoms with Crippen LogP contribution in [0.4, 0.5) is 5.69 Å². The molecule has 0 aliphatic carbocycles. The van der Waals surface area contributed by atoms with Crippen LogP contribution in [0.1, 0.15) is 24.2 Å². The van der Waals surface area contributed by atoms with Gasteiger partial charge in [-0.1, -0.05) is 12.2 Å². The number of carbonyl (C=O) groups is 1. The highest BCUT2D eigenvalue weighted by Crippen LogP contribution is 2.13. The van der Waals surface area contributed by atoms with E-state index in [4.69, 9.17) is 18.0 Å². The summed E-state index contributed by atoms with van der Waals surface area (Å²) in [7, 11) is 0. The first-order valence-electron chi connectivity index (χ1n) is 6.20. The molecule has 0 spiro atoms. The van der Waals surface area contributed by atoms with Gasteiger partial charge in [-0.2, -0.15) is 5.10 Å². The van der Waals surface area contributed by atoms with E-state index in [1.54, 1.807) is 42.1 Å². The van der Waals surface area contributed by atoms with Crippen LogP contribution in [0, 0.1) is 6.92 Å². The molecule has 104 valence electrons. The van der Waals surface area contributed by atoms with Gasteiger partial charge in [0.25, 0.3) is 0 Å². The van der Waals surface area contributed by atoms with Crippen molar-refractivity contribution in [2.75, 3.05) is 5.32 Å². The number of nitrogens with zero attached hydrogens (tertiary/aromatic N) is 2. The van der Waals surface area contributed by atoms with Gasteiger partial charge in [0.2, 0.25) is 5.91 Å². The van der Waals surface area contributed by atoms with Gasteiger partial charge in [0, 0.05) is 17.4 Å². The van der Waals surface area contributed by atoms with E-state index in [-0.39, 0.29) is 11.9 Å². The second-order valence-electron chi connectivity index (χ2n) is 4.54. The third-order valence-corrected chi connectivity index (χ3v) is 3.19. The van der Waals surface area contributed by atoms with E-state index in [1.807, 2.05) is 13.0 Å². The highest BCUT2D eigenvalue weighted by atomic mass is 32.1. The average molecular weight is 288 g/mol. The monoisotopic (exact) mass is 288 g/mol. The number of rotatable bonds is 4. The molecule has 0 saturated heterocycles. The summed E-state index contributed by atoms with van der Waals surface area (Å²) in [4.78, 5) is 12.5. The van der Waals surface area contributed by atoms with Gasteiger partial charge in [-0.05, 0) is 44.2 Å². The summed E-state index contributed by atoms with van der Waals surface area (Å²) in [6, 6.07) is 8.59. The molecule has 0 aliphatic heterocycles. The Labute approximate surface area is 122 Å². The van der Waals surface area contributed by atoms with Crippen molar-refractivity contribution in [3.63, 3.8) is 0 Å². The minimum atomic E-state index is -0.376. The summed E-state index contributed by atoms with van der Waals surface area (Å²) in [5.41, 5.74) is 7.88. The minimum absolute atomic E-state index is 0.129. The number of thiocarbonyl (C=S) groups is 1. The van der Waals surface area contributed by atoms with Crippen LogP contribution < -0.4 is 11.1 Å². The van der Waals surface area contributed by atoms with Gasteiger partial charge in [-0.15, -0.1) is 0 Å². The largest absolute Gasteiger partial charge is 0.389 e. The summed E-state index contributed by atoms with van der Waals surface area (Å²) in [5, 5.41) is 7.06. The van der Waals surface area contributed by atoms with Crippen molar-refractivity contribution in [2.24, 2.45) is 5.73 Å². The van der Waals surface area contributed by atoms with Crippen molar-refractivity contribution < 1.29 is 4.79 Å². The lowest BCUT2D eigenvalue weighted by molar-refractivity contribution is -0.119. The zero-order valence-electron chi connectivity index (χ0n) is 11.3. The first-order valence-corrected chi connectivity index (χ1v) is 6.60. The van der Waals surface area contributed by atoms with Gasteiger partial charge in [0.15, 0.2) is 0 Å². The summed E-state index contributed by atoms with van der Waals surface area (Å²) in [6.45, 7) is 3.68. The van der Waals surface area contributed by atoms with Crippen molar-refractivity contribution >= 4 is 28.8 Å². The van der Waals surface area contributed by atoms with Gasteiger partial charge >= 0.3 is 0 Å². The van der Waals surface area contributed by atoms with Crippen LogP contribution in [0.15, 0.2) is 36.5 Å². The maximum Gasteiger partial charge on any atom is 0.248 e. The Morgan fingerprint density at radius 3 is 2.50 bits per heavy atom. The van der Waals surface area contributed by atoms with Crippen LogP contribution in [0.2, 0.25) is 0 Å². The molecule has 2 aromatic rings. The molecular formula is C14H16N4OS. The van der Waals surface area contributed by atoms with Crippen molar-refractivity contribution in [2.45, 2.75) is 19.9 Å². The van der Waals surface area contributed by atoms with Crippen LogP contribution in [0.5, 0.6) is 0 Å². The summed E-state index contributed by atoms with van der Waals surface area (Å²) in [5.74, 6) is -0.129. The smallest absolute Gasteiger partial charge is 0.248 e. The molecule has 2 rings (SSSR count). The first kappa shape index (κ1) is 14.2. The average Bonchev–Trinajstić information content (AvgIpc) is 2.85. The van der Waals surface area contributed by atoms with E-state index in [0.29, 0.717) is 10.7 Å². The third-order valence-electron chi connectivity index (χ3n) is 2.95. The Kier molecular flexibility index (Phi) is 4.14. The molecule has 0 bridgehead atoms. The first-order chi connectivity index (χ1) is 9.47. The molecule has 6 heteroatoms. The lowest BCUT2D eigenvalue weighted by Gasteiger charge is -2.13. The number of aromatic nitrogens is 2. The van der Waals surface area contributed by atoms with Crippen molar-refractivity contribution in [3.8, 4) is 0 Å². The normalized spacial score (nSPS) is 11.9. The predicted octanol–water partition coefficient (Wildman–Crippen LogP) is 2.03. The molecule has 1 aromatic heterocycles. The highest BCUT2D eigenvalue weighted by molar-refractivity contribution is 7.80. The Morgan fingerprint density at radius 2 is 2.00 bits per heavy atom. The molecule has 1 aromatic carbocycles. The Morgan fingerprint density at radius 1 is 1.35 bits per heavy atom. The molecule has 0 saturated carbocycles. The van der Waals surface area contributed by atoms with Crippen molar-refractivity contribution in [3.05, 3.63) is 47.8 Å². The number of benzene rings is 1. The third kappa shape index (κ3) is 3.21. The van der Waals surface area contributed by atoms with Crippen molar-refractivity contribution in [1.82, 2.24) is 9.78 Å². The molecule has 1 amide bonds. The molecule has 0 aliphatic rings.